The summed E-state index contributed by atoms with van der Waals surface area (Å²) in [6, 6.07) is 16.0. The standard InChI is InChI=1S/C25H29N3O3/c1-4-18-16-22(20-7-5-6-8-21(20)26-18)27-19-11-13-28(14-12-19)25(29)17-9-10-23(30-2)24(15-17)31-3/h5-10,15-16,19H,4,11-14H2,1-3H3,(H,26,27). The SMILES string of the molecule is CCc1cc(NC2CCN(C(=O)c3ccc(OC)c(OC)c3)CC2)c2ccccc2n1. The van der Waals surface area contributed by atoms with Crippen molar-refractivity contribution in [3.63, 3.8) is 0 Å². The van der Waals surface area contributed by atoms with E-state index in [0.717, 1.165) is 41.5 Å². The number of carbonyl (C=O) groups is 1. The van der Waals surface area contributed by atoms with Crippen LogP contribution >= 0.6 is 0 Å². The zero-order valence-electron chi connectivity index (χ0n) is 18.4. The van der Waals surface area contributed by atoms with Crippen LogP contribution in [0, 0.1) is 0 Å². The second-order valence-corrected chi connectivity index (χ2v) is 7.81. The number of hydrogen-bond donors (Lipinski definition) is 1. The van der Waals surface area contributed by atoms with E-state index in [2.05, 4.69) is 30.4 Å². The zero-order chi connectivity index (χ0) is 21.8. The van der Waals surface area contributed by atoms with E-state index in [1.807, 2.05) is 17.0 Å². The van der Waals surface area contributed by atoms with Gasteiger partial charge in [0.25, 0.3) is 5.91 Å². The van der Waals surface area contributed by atoms with Gasteiger partial charge in [0, 0.05) is 41.5 Å². The third-order valence-electron chi connectivity index (χ3n) is 5.90. The third-order valence-corrected chi connectivity index (χ3v) is 5.90. The molecule has 31 heavy (non-hydrogen) atoms. The van der Waals surface area contributed by atoms with Crippen LogP contribution in [0.5, 0.6) is 11.5 Å². The Morgan fingerprint density at radius 3 is 2.52 bits per heavy atom. The van der Waals surface area contributed by atoms with Crippen molar-refractivity contribution in [1.82, 2.24) is 9.88 Å². The molecule has 4 rings (SSSR count). The van der Waals surface area contributed by atoms with Crippen molar-refractivity contribution >= 4 is 22.5 Å². The molecule has 2 heterocycles. The number of likely N-dealkylation sites (tertiary alicyclic amines) is 1. The molecular formula is C25H29N3O3. The average Bonchev–Trinajstić information content (AvgIpc) is 2.83. The van der Waals surface area contributed by atoms with Crippen LogP contribution in [-0.4, -0.2) is 49.1 Å². The molecule has 1 aliphatic rings. The van der Waals surface area contributed by atoms with E-state index in [1.165, 1.54) is 0 Å². The minimum absolute atomic E-state index is 0.0297. The Morgan fingerprint density at radius 2 is 1.81 bits per heavy atom. The van der Waals surface area contributed by atoms with Crippen LogP contribution in [-0.2, 0) is 6.42 Å². The molecule has 0 saturated carbocycles. The van der Waals surface area contributed by atoms with Crippen molar-refractivity contribution in [2.75, 3.05) is 32.6 Å². The molecule has 0 spiro atoms. The number of nitrogens with zero attached hydrogens (tertiary/aromatic N) is 2. The van der Waals surface area contributed by atoms with E-state index in [0.29, 0.717) is 36.2 Å². The van der Waals surface area contributed by atoms with Gasteiger partial charge in [0.15, 0.2) is 11.5 Å². The normalized spacial score (nSPS) is 14.5. The molecule has 0 radical (unpaired) electrons. The number of amides is 1. The number of aryl methyl sites for hydroxylation is 1. The maximum absolute atomic E-state index is 13.0. The van der Waals surface area contributed by atoms with Gasteiger partial charge >= 0.3 is 0 Å². The molecule has 1 aliphatic heterocycles. The summed E-state index contributed by atoms with van der Waals surface area (Å²) in [6.07, 6.45) is 2.70. The quantitative estimate of drug-likeness (QED) is 0.636. The number of rotatable bonds is 6. The summed E-state index contributed by atoms with van der Waals surface area (Å²) in [5.41, 5.74) is 3.86. The second-order valence-electron chi connectivity index (χ2n) is 7.81. The highest BCUT2D eigenvalue weighted by Crippen LogP contribution is 2.29. The van der Waals surface area contributed by atoms with Gasteiger partial charge in [-0.3, -0.25) is 9.78 Å². The van der Waals surface area contributed by atoms with E-state index in [-0.39, 0.29) is 5.91 Å². The van der Waals surface area contributed by atoms with Crippen LogP contribution in [0.2, 0.25) is 0 Å². The van der Waals surface area contributed by atoms with Crippen LogP contribution in [0.4, 0.5) is 5.69 Å². The van der Waals surface area contributed by atoms with E-state index in [1.54, 1.807) is 32.4 Å². The van der Waals surface area contributed by atoms with E-state index < -0.39 is 0 Å². The number of carbonyl (C=O) groups excluding carboxylic acids is 1. The Hall–Kier alpha value is -3.28. The van der Waals surface area contributed by atoms with Gasteiger partial charge < -0.3 is 19.7 Å². The lowest BCUT2D eigenvalue weighted by Gasteiger charge is -2.33. The number of anilines is 1. The lowest BCUT2D eigenvalue weighted by Crippen LogP contribution is -2.42. The van der Waals surface area contributed by atoms with Gasteiger partial charge in [-0.1, -0.05) is 25.1 Å². The predicted molar refractivity (Wildman–Crippen MR) is 123 cm³/mol. The molecule has 1 fully saturated rings. The Kier molecular flexibility index (Phi) is 6.26. The second kappa shape index (κ2) is 9.25. The number of benzene rings is 2. The van der Waals surface area contributed by atoms with Gasteiger partial charge in [-0.25, -0.2) is 0 Å². The maximum atomic E-state index is 13.0. The molecular weight excluding hydrogens is 390 g/mol. The number of methoxy groups -OCH3 is 2. The smallest absolute Gasteiger partial charge is 0.253 e. The molecule has 162 valence electrons. The van der Waals surface area contributed by atoms with Crippen molar-refractivity contribution in [2.45, 2.75) is 32.2 Å². The first kappa shape index (κ1) is 21.0. The van der Waals surface area contributed by atoms with Crippen molar-refractivity contribution in [2.24, 2.45) is 0 Å². The van der Waals surface area contributed by atoms with E-state index in [4.69, 9.17) is 14.5 Å². The van der Waals surface area contributed by atoms with Crippen molar-refractivity contribution in [1.29, 1.82) is 0 Å². The van der Waals surface area contributed by atoms with Gasteiger partial charge in [0.1, 0.15) is 0 Å². The lowest BCUT2D eigenvalue weighted by molar-refractivity contribution is 0.0718. The van der Waals surface area contributed by atoms with Gasteiger partial charge in [-0.2, -0.15) is 0 Å². The van der Waals surface area contributed by atoms with Gasteiger partial charge in [0.2, 0.25) is 0 Å². The Balaban J connectivity index is 1.44. The first-order valence-electron chi connectivity index (χ1n) is 10.8. The predicted octanol–water partition coefficient (Wildman–Crippen LogP) is 4.53. The number of aromatic nitrogens is 1. The molecule has 1 saturated heterocycles. The molecule has 2 aromatic carbocycles. The minimum atomic E-state index is 0.0297. The molecule has 6 heteroatoms. The van der Waals surface area contributed by atoms with Crippen molar-refractivity contribution < 1.29 is 14.3 Å². The molecule has 1 aromatic heterocycles. The molecule has 0 aliphatic carbocycles. The fourth-order valence-electron chi connectivity index (χ4n) is 4.13. The van der Waals surface area contributed by atoms with Crippen molar-refractivity contribution in [3.05, 3.63) is 59.8 Å². The van der Waals surface area contributed by atoms with E-state index >= 15 is 0 Å². The zero-order valence-corrected chi connectivity index (χ0v) is 18.4. The molecule has 3 aromatic rings. The maximum Gasteiger partial charge on any atom is 0.253 e. The number of nitrogens with one attached hydrogen (secondary N) is 1. The highest BCUT2D eigenvalue weighted by atomic mass is 16.5. The number of para-hydroxylation sites is 1. The topological polar surface area (TPSA) is 63.7 Å². The summed E-state index contributed by atoms with van der Waals surface area (Å²) in [6.45, 7) is 3.56. The molecule has 6 nitrogen and oxygen atoms in total. The largest absolute Gasteiger partial charge is 0.493 e. The van der Waals surface area contributed by atoms with Crippen LogP contribution in [0.3, 0.4) is 0 Å². The number of piperidine rings is 1. The van der Waals surface area contributed by atoms with Crippen LogP contribution in [0.1, 0.15) is 35.8 Å². The average molecular weight is 420 g/mol. The van der Waals surface area contributed by atoms with Gasteiger partial charge in [0.05, 0.1) is 19.7 Å². The summed E-state index contributed by atoms with van der Waals surface area (Å²) >= 11 is 0. The summed E-state index contributed by atoms with van der Waals surface area (Å²) in [5.74, 6) is 1.22. The Bertz CT molecular complexity index is 1070. The molecule has 1 N–H and O–H groups in total. The molecule has 0 atom stereocenters. The van der Waals surface area contributed by atoms with Crippen LogP contribution < -0.4 is 14.8 Å². The molecule has 1 amide bonds. The third kappa shape index (κ3) is 4.43. The summed E-state index contributed by atoms with van der Waals surface area (Å²) in [4.78, 5) is 19.6. The highest BCUT2D eigenvalue weighted by molar-refractivity contribution is 5.95. The first-order chi connectivity index (χ1) is 15.1. The minimum Gasteiger partial charge on any atom is -0.493 e. The fourth-order valence-corrected chi connectivity index (χ4v) is 4.13. The number of hydrogen-bond acceptors (Lipinski definition) is 5. The highest BCUT2D eigenvalue weighted by Gasteiger charge is 2.25. The Labute approximate surface area is 183 Å². The first-order valence-corrected chi connectivity index (χ1v) is 10.8. The Morgan fingerprint density at radius 1 is 1.06 bits per heavy atom. The summed E-state index contributed by atoms with van der Waals surface area (Å²) in [5, 5.41) is 4.86. The van der Waals surface area contributed by atoms with Crippen molar-refractivity contribution in [3.8, 4) is 11.5 Å². The van der Waals surface area contributed by atoms with Gasteiger partial charge in [-0.05, 0) is 49.6 Å². The summed E-state index contributed by atoms with van der Waals surface area (Å²) in [7, 11) is 3.17. The number of fused-ring (bicyclic) bond motifs is 1. The van der Waals surface area contributed by atoms with Crippen LogP contribution in [0.25, 0.3) is 10.9 Å². The number of pyridine rings is 1. The lowest BCUT2D eigenvalue weighted by atomic mass is 10.0. The van der Waals surface area contributed by atoms with Gasteiger partial charge in [-0.15, -0.1) is 0 Å². The number of ether oxygens (including phenoxy) is 2. The molecule has 0 bridgehead atoms. The van der Waals surface area contributed by atoms with Crippen LogP contribution in [0.15, 0.2) is 48.5 Å². The van der Waals surface area contributed by atoms with E-state index in [9.17, 15) is 4.79 Å². The fraction of sp³-hybridized carbons (Fsp3) is 0.360. The summed E-state index contributed by atoms with van der Waals surface area (Å²) < 4.78 is 10.6. The monoisotopic (exact) mass is 419 g/mol. The molecule has 0 unspecified atom stereocenters.